The topological polar surface area (TPSA) is 23.5 Å². The van der Waals surface area contributed by atoms with Crippen molar-refractivity contribution < 1.29 is 5.11 Å². The summed E-state index contributed by atoms with van der Waals surface area (Å²) in [6.45, 7) is 2.00. The van der Waals surface area contributed by atoms with Crippen LogP contribution in [0.5, 0.6) is 0 Å². The van der Waals surface area contributed by atoms with E-state index in [1.165, 1.54) is 5.56 Å². The van der Waals surface area contributed by atoms with Gasteiger partial charge in [-0.2, -0.15) is 0 Å². The molecule has 0 saturated heterocycles. The van der Waals surface area contributed by atoms with Gasteiger partial charge in [0.25, 0.3) is 0 Å². The standard InChI is InChI=1S/C15H16ClNO/c1-11-6-3-4-8-14(11)17(2)15-9-5-7-13(16)12(15)10-18/h3-9,18H,10H2,1-2H3. The Kier molecular flexibility index (Phi) is 3.90. The van der Waals surface area contributed by atoms with E-state index in [-0.39, 0.29) is 6.61 Å². The number of nitrogens with zero attached hydrogens (tertiary/aromatic N) is 1. The minimum absolute atomic E-state index is 0.0643. The maximum absolute atomic E-state index is 9.45. The summed E-state index contributed by atoms with van der Waals surface area (Å²) in [5.74, 6) is 0. The van der Waals surface area contributed by atoms with Crippen LogP contribution in [0, 0.1) is 6.92 Å². The molecule has 3 heteroatoms. The molecule has 2 aromatic carbocycles. The second kappa shape index (κ2) is 5.42. The first kappa shape index (κ1) is 12.9. The lowest BCUT2D eigenvalue weighted by atomic mass is 10.1. The number of anilines is 2. The molecular formula is C15H16ClNO. The Morgan fingerprint density at radius 3 is 2.39 bits per heavy atom. The highest BCUT2D eigenvalue weighted by molar-refractivity contribution is 6.31. The van der Waals surface area contributed by atoms with Crippen LogP contribution in [-0.2, 0) is 6.61 Å². The van der Waals surface area contributed by atoms with Crippen LogP contribution in [0.15, 0.2) is 42.5 Å². The maximum Gasteiger partial charge on any atom is 0.0716 e. The van der Waals surface area contributed by atoms with E-state index in [4.69, 9.17) is 11.6 Å². The van der Waals surface area contributed by atoms with E-state index in [1.54, 1.807) is 6.07 Å². The largest absolute Gasteiger partial charge is 0.392 e. The summed E-state index contributed by atoms with van der Waals surface area (Å²) in [6, 6.07) is 13.8. The van der Waals surface area contributed by atoms with Gasteiger partial charge in [0.2, 0.25) is 0 Å². The van der Waals surface area contributed by atoms with Crippen molar-refractivity contribution in [3.63, 3.8) is 0 Å². The highest BCUT2D eigenvalue weighted by Crippen LogP contribution is 2.32. The fourth-order valence-electron chi connectivity index (χ4n) is 2.09. The molecule has 1 N–H and O–H groups in total. The molecule has 0 atom stereocenters. The molecule has 0 aliphatic carbocycles. The summed E-state index contributed by atoms with van der Waals surface area (Å²) in [7, 11) is 1.98. The van der Waals surface area contributed by atoms with E-state index < -0.39 is 0 Å². The molecule has 0 saturated carbocycles. The van der Waals surface area contributed by atoms with Crippen molar-refractivity contribution in [3.05, 3.63) is 58.6 Å². The van der Waals surface area contributed by atoms with Crippen molar-refractivity contribution >= 4 is 23.0 Å². The number of aliphatic hydroxyl groups excluding tert-OH is 1. The molecule has 0 unspecified atom stereocenters. The first-order valence-electron chi connectivity index (χ1n) is 5.82. The Morgan fingerprint density at radius 1 is 1.06 bits per heavy atom. The van der Waals surface area contributed by atoms with Gasteiger partial charge in [0.05, 0.1) is 6.61 Å². The molecule has 0 aliphatic heterocycles. The summed E-state index contributed by atoms with van der Waals surface area (Å²) in [5, 5.41) is 10.0. The number of rotatable bonds is 3. The Balaban J connectivity index is 2.50. The summed E-state index contributed by atoms with van der Waals surface area (Å²) in [4.78, 5) is 2.05. The molecule has 2 rings (SSSR count). The molecule has 18 heavy (non-hydrogen) atoms. The summed E-state index contributed by atoms with van der Waals surface area (Å²) < 4.78 is 0. The van der Waals surface area contributed by atoms with Gasteiger partial charge < -0.3 is 10.0 Å². The molecule has 0 aromatic heterocycles. The Morgan fingerprint density at radius 2 is 1.72 bits per heavy atom. The Hall–Kier alpha value is -1.51. The van der Waals surface area contributed by atoms with E-state index in [1.807, 2.05) is 36.2 Å². The van der Waals surface area contributed by atoms with Crippen molar-refractivity contribution in [2.75, 3.05) is 11.9 Å². The minimum Gasteiger partial charge on any atom is -0.392 e. The molecule has 0 amide bonds. The first-order valence-corrected chi connectivity index (χ1v) is 6.20. The van der Waals surface area contributed by atoms with Crippen LogP contribution in [0.3, 0.4) is 0 Å². The molecule has 0 radical (unpaired) electrons. The summed E-state index contributed by atoms with van der Waals surface area (Å²) in [5.41, 5.74) is 3.97. The van der Waals surface area contributed by atoms with Crippen LogP contribution >= 0.6 is 11.6 Å². The van der Waals surface area contributed by atoms with Crippen molar-refractivity contribution in [1.82, 2.24) is 0 Å². The molecular weight excluding hydrogens is 246 g/mol. The van der Waals surface area contributed by atoms with Crippen molar-refractivity contribution in [1.29, 1.82) is 0 Å². The highest BCUT2D eigenvalue weighted by atomic mass is 35.5. The van der Waals surface area contributed by atoms with Gasteiger partial charge in [-0.25, -0.2) is 0 Å². The average Bonchev–Trinajstić information content (AvgIpc) is 2.38. The molecule has 2 nitrogen and oxygen atoms in total. The van der Waals surface area contributed by atoms with Crippen molar-refractivity contribution in [2.24, 2.45) is 0 Å². The van der Waals surface area contributed by atoms with Crippen molar-refractivity contribution in [3.8, 4) is 0 Å². The lowest BCUT2D eigenvalue weighted by molar-refractivity contribution is 0.282. The number of para-hydroxylation sites is 1. The van der Waals surface area contributed by atoms with Crippen LogP contribution in [0.2, 0.25) is 5.02 Å². The van der Waals surface area contributed by atoms with E-state index in [0.29, 0.717) is 5.02 Å². The van der Waals surface area contributed by atoms with Gasteiger partial charge in [-0.15, -0.1) is 0 Å². The lowest BCUT2D eigenvalue weighted by Crippen LogP contribution is -2.13. The van der Waals surface area contributed by atoms with Gasteiger partial charge in [-0.05, 0) is 30.7 Å². The number of aliphatic hydroxyl groups is 1. The van der Waals surface area contributed by atoms with E-state index in [9.17, 15) is 5.11 Å². The van der Waals surface area contributed by atoms with Gasteiger partial charge >= 0.3 is 0 Å². The van der Waals surface area contributed by atoms with E-state index in [0.717, 1.165) is 16.9 Å². The predicted molar refractivity (Wildman–Crippen MR) is 76.6 cm³/mol. The average molecular weight is 262 g/mol. The van der Waals surface area contributed by atoms with Crippen LogP contribution in [0.4, 0.5) is 11.4 Å². The molecule has 0 heterocycles. The smallest absolute Gasteiger partial charge is 0.0716 e. The van der Waals surface area contributed by atoms with Gasteiger partial charge in [0.15, 0.2) is 0 Å². The fraction of sp³-hybridized carbons (Fsp3) is 0.200. The third-order valence-corrected chi connectivity index (χ3v) is 3.44. The number of benzene rings is 2. The molecule has 94 valence electrons. The number of halogens is 1. The maximum atomic E-state index is 9.45. The molecule has 2 aromatic rings. The SMILES string of the molecule is Cc1ccccc1N(C)c1cccc(Cl)c1CO. The van der Waals surface area contributed by atoms with Crippen LogP contribution in [0.1, 0.15) is 11.1 Å². The number of aryl methyl sites for hydroxylation is 1. The van der Waals surface area contributed by atoms with Crippen LogP contribution in [0.25, 0.3) is 0 Å². The second-order valence-corrected chi connectivity index (χ2v) is 4.65. The third kappa shape index (κ3) is 2.35. The first-order chi connectivity index (χ1) is 8.65. The number of hydrogen-bond acceptors (Lipinski definition) is 2. The third-order valence-electron chi connectivity index (χ3n) is 3.09. The van der Waals surface area contributed by atoms with E-state index >= 15 is 0 Å². The Labute approximate surface area is 112 Å². The number of hydrogen-bond donors (Lipinski definition) is 1. The zero-order chi connectivity index (χ0) is 13.1. The van der Waals surface area contributed by atoms with Crippen LogP contribution in [-0.4, -0.2) is 12.2 Å². The van der Waals surface area contributed by atoms with Gasteiger partial charge in [0.1, 0.15) is 0 Å². The summed E-state index contributed by atoms with van der Waals surface area (Å²) >= 11 is 6.11. The lowest BCUT2D eigenvalue weighted by Gasteiger charge is -2.24. The van der Waals surface area contributed by atoms with Crippen LogP contribution < -0.4 is 4.90 Å². The molecule has 0 bridgehead atoms. The van der Waals surface area contributed by atoms with Crippen molar-refractivity contribution in [2.45, 2.75) is 13.5 Å². The van der Waals surface area contributed by atoms with Gasteiger partial charge in [-0.1, -0.05) is 35.9 Å². The highest BCUT2D eigenvalue weighted by Gasteiger charge is 2.12. The zero-order valence-corrected chi connectivity index (χ0v) is 11.3. The van der Waals surface area contributed by atoms with Gasteiger partial charge in [0, 0.05) is 29.0 Å². The fourth-order valence-corrected chi connectivity index (χ4v) is 2.32. The molecule has 0 spiro atoms. The quantitative estimate of drug-likeness (QED) is 0.906. The Bertz CT molecular complexity index is 554. The normalized spacial score (nSPS) is 10.4. The minimum atomic E-state index is -0.0643. The monoisotopic (exact) mass is 261 g/mol. The van der Waals surface area contributed by atoms with E-state index in [2.05, 4.69) is 19.1 Å². The summed E-state index contributed by atoms with van der Waals surface area (Å²) in [6.07, 6.45) is 0. The molecule has 0 fully saturated rings. The van der Waals surface area contributed by atoms with Gasteiger partial charge in [-0.3, -0.25) is 0 Å². The zero-order valence-electron chi connectivity index (χ0n) is 10.5. The predicted octanol–water partition coefficient (Wildman–Crippen LogP) is 3.91. The second-order valence-electron chi connectivity index (χ2n) is 4.24. The molecule has 0 aliphatic rings.